The van der Waals surface area contributed by atoms with E-state index in [0.29, 0.717) is 10.1 Å². The molecule has 7 nitrogen and oxygen atoms in total. The molecule has 0 unspecified atom stereocenters. The van der Waals surface area contributed by atoms with Gasteiger partial charge in [-0.05, 0) is 47.2 Å². The Hall–Kier alpha value is -4.80. The highest BCUT2D eigenvalue weighted by Gasteiger charge is 2.36. The van der Waals surface area contributed by atoms with Crippen LogP contribution in [0.25, 0.3) is 27.7 Å². The first-order valence-electron chi connectivity index (χ1n) is 10.5. The zero-order valence-electron chi connectivity index (χ0n) is 18.2. The number of rotatable bonds is 4. The second-order valence-corrected chi connectivity index (χ2v) is 7.75. The van der Waals surface area contributed by atoms with Crippen molar-refractivity contribution in [3.63, 3.8) is 0 Å². The number of halogens is 4. The number of carbonyl (C=O) groups is 1. The van der Waals surface area contributed by atoms with E-state index in [1.165, 1.54) is 12.1 Å². The van der Waals surface area contributed by atoms with Gasteiger partial charge in [-0.25, -0.2) is 18.7 Å². The molecule has 11 heteroatoms. The van der Waals surface area contributed by atoms with E-state index in [4.69, 9.17) is 10.6 Å². The lowest BCUT2D eigenvalue weighted by Crippen LogP contribution is -2.16. The molecule has 3 aromatic carbocycles. The molecule has 0 aliphatic rings. The van der Waals surface area contributed by atoms with Crippen molar-refractivity contribution in [2.45, 2.75) is 6.18 Å². The van der Waals surface area contributed by atoms with Gasteiger partial charge in [0.25, 0.3) is 0 Å². The van der Waals surface area contributed by atoms with E-state index in [0.717, 1.165) is 35.0 Å². The predicted molar refractivity (Wildman–Crippen MR) is 123 cm³/mol. The van der Waals surface area contributed by atoms with Gasteiger partial charge in [-0.2, -0.15) is 18.3 Å². The van der Waals surface area contributed by atoms with Crippen LogP contribution < -0.4 is 5.73 Å². The van der Waals surface area contributed by atoms with Crippen LogP contribution in [0.15, 0.2) is 84.0 Å². The summed E-state index contributed by atoms with van der Waals surface area (Å²) in [4.78, 5) is 21.5. The molecule has 0 fully saturated rings. The number of benzene rings is 3. The molecule has 180 valence electrons. The highest BCUT2D eigenvalue weighted by atomic mass is 19.4. The van der Waals surface area contributed by atoms with Crippen molar-refractivity contribution >= 4 is 28.2 Å². The summed E-state index contributed by atoms with van der Waals surface area (Å²) in [5.74, 6) is -1.88. The maximum absolute atomic E-state index is 13.9. The van der Waals surface area contributed by atoms with Gasteiger partial charge < -0.3 is 10.6 Å². The summed E-state index contributed by atoms with van der Waals surface area (Å²) < 4.78 is 55.2. The van der Waals surface area contributed by atoms with E-state index in [1.54, 1.807) is 18.2 Å². The van der Waals surface area contributed by atoms with Crippen LogP contribution in [-0.2, 0) is 11.0 Å². The van der Waals surface area contributed by atoms with Crippen molar-refractivity contribution in [3.8, 4) is 11.3 Å². The number of oxime groups is 1. The Kier molecular flexibility index (Phi) is 5.59. The summed E-state index contributed by atoms with van der Waals surface area (Å²) in [5.41, 5.74) is 4.72. The van der Waals surface area contributed by atoms with Gasteiger partial charge in [-0.3, -0.25) is 0 Å². The maximum atomic E-state index is 13.9. The van der Waals surface area contributed by atoms with Crippen molar-refractivity contribution in [2.75, 3.05) is 0 Å². The fourth-order valence-corrected chi connectivity index (χ4v) is 3.58. The summed E-state index contributed by atoms with van der Waals surface area (Å²) in [7, 11) is 0. The van der Waals surface area contributed by atoms with Crippen molar-refractivity contribution in [2.24, 2.45) is 10.9 Å². The van der Waals surface area contributed by atoms with Crippen LogP contribution in [0.2, 0.25) is 0 Å². The molecule has 0 atom stereocenters. The number of nitrogens with zero attached hydrogens (tertiary/aromatic N) is 4. The minimum absolute atomic E-state index is 0.0546. The topological polar surface area (TPSA) is 94.9 Å². The number of alkyl halides is 3. The Bertz CT molecular complexity index is 1640. The number of nitrogens with two attached hydrogens (primary N) is 1. The summed E-state index contributed by atoms with van der Waals surface area (Å²) in [6.45, 7) is 0. The highest BCUT2D eigenvalue weighted by molar-refractivity contribution is 5.98. The molecule has 0 amide bonds. The van der Waals surface area contributed by atoms with Gasteiger partial charge in [-0.15, -0.1) is 0 Å². The van der Waals surface area contributed by atoms with Crippen LogP contribution in [0.4, 0.5) is 17.6 Å². The Morgan fingerprint density at radius 1 is 0.944 bits per heavy atom. The Balaban J connectivity index is 1.51. The van der Waals surface area contributed by atoms with E-state index >= 15 is 0 Å². The molecule has 2 heterocycles. The number of carbonyl (C=O) groups excluding carboxylic acids is 1. The SMILES string of the molecule is N/C(=N\OC(=O)c1cc2nc(-c3ccc4ccccc4c3)cc(C(F)(F)F)n2n1)c1ccc(F)cc1. The van der Waals surface area contributed by atoms with E-state index in [1.807, 2.05) is 24.3 Å². The molecule has 5 rings (SSSR count). The third-order valence-corrected chi connectivity index (χ3v) is 5.34. The molecular weight excluding hydrogens is 478 g/mol. The number of fused-ring (bicyclic) bond motifs is 2. The van der Waals surface area contributed by atoms with Crippen LogP contribution in [0.3, 0.4) is 0 Å². The molecule has 0 aliphatic carbocycles. The van der Waals surface area contributed by atoms with Crippen LogP contribution in [0, 0.1) is 5.82 Å². The second kappa shape index (κ2) is 8.77. The molecule has 5 aromatic rings. The van der Waals surface area contributed by atoms with E-state index in [9.17, 15) is 22.4 Å². The van der Waals surface area contributed by atoms with Crippen LogP contribution >= 0.6 is 0 Å². The largest absolute Gasteiger partial charge is 0.433 e. The highest BCUT2D eigenvalue weighted by Crippen LogP contribution is 2.33. The lowest BCUT2D eigenvalue weighted by molar-refractivity contribution is -0.142. The molecule has 0 saturated heterocycles. The fourth-order valence-electron chi connectivity index (χ4n) is 3.58. The lowest BCUT2D eigenvalue weighted by atomic mass is 10.0. The van der Waals surface area contributed by atoms with Crippen LogP contribution in [0.5, 0.6) is 0 Å². The van der Waals surface area contributed by atoms with Gasteiger partial charge in [0.1, 0.15) is 5.82 Å². The van der Waals surface area contributed by atoms with Crippen LogP contribution in [0.1, 0.15) is 21.7 Å². The van der Waals surface area contributed by atoms with E-state index < -0.39 is 29.4 Å². The number of hydrogen-bond acceptors (Lipinski definition) is 5. The van der Waals surface area contributed by atoms with Gasteiger partial charge in [0, 0.05) is 17.2 Å². The summed E-state index contributed by atoms with van der Waals surface area (Å²) in [6, 6.07) is 19.4. The van der Waals surface area contributed by atoms with Gasteiger partial charge in [0.05, 0.1) is 5.69 Å². The molecule has 36 heavy (non-hydrogen) atoms. The molecular formula is C25H15F4N5O2. The van der Waals surface area contributed by atoms with Gasteiger partial charge >= 0.3 is 12.1 Å². The van der Waals surface area contributed by atoms with Gasteiger partial charge in [0.15, 0.2) is 22.9 Å². The number of aromatic nitrogens is 3. The molecule has 2 N–H and O–H groups in total. The molecule has 0 saturated carbocycles. The monoisotopic (exact) mass is 493 g/mol. The molecule has 0 aliphatic heterocycles. The number of hydrogen-bond donors (Lipinski definition) is 1. The van der Waals surface area contributed by atoms with E-state index in [2.05, 4.69) is 15.2 Å². The molecule has 0 radical (unpaired) electrons. The van der Waals surface area contributed by atoms with Crippen molar-refractivity contribution < 1.29 is 27.2 Å². The zero-order valence-corrected chi connectivity index (χ0v) is 18.2. The fraction of sp³-hybridized carbons (Fsp3) is 0.0400. The quantitative estimate of drug-likeness (QED) is 0.122. The summed E-state index contributed by atoms with van der Waals surface area (Å²) in [5, 5.41) is 8.95. The minimum atomic E-state index is -4.79. The number of amidine groups is 1. The Morgan fingerprint density at radius 2 is 1.67 bits per heavy atom. The zero-order chi connectivity index (χ0) is 25.4. The first-order valence-corrected chi connectivity index (χ1v) is 10.5. The molecule has 2 aromatic heterocycles. The first-order chi connectivity index (χ1) is 17.2. The normalized spacial score (nSPS) is 12.3. The van der Waals surface area contributed by atoms with E-state index in [-0.39, 0.29) is 22.7 Å². The maximum Gasteiger partial charge on any atom is 0.433 e. The molecule has 0 bridgehead atoms. The third kappa shape index (κ3) is 4.45. The molecule has 0 spiro atoms. The van der Waals surface area contributed by atoms with Crippen molar-refractivity contribution in [1.82, 2.24) is 14.6 Å². The standard InChI is InChI=1S/C25H15F4N5O2/c26-18-9-7-15(8-10-18)23(30)33-36-24(35)20-13-22-31-19(12-21(25(27,28)29)34(22)32-20)17-6-5-14-3-1-2-4-16(14)11-17/h1-13H,(H2,30,33). The van der Waals surface area contributed by atoms with Gasteiger partial charge in [-0.1, -0.05) is 41.6 Å². The first kappa shape index (κ1) is 23.0. The minimum Gasteiger partial charge on any atom is -0.380 e. The third-order valence-electron chi connectivity index (χ3n) is 5.34. The van der Waals surface area contributed by atoms with Crippen LogP contribution in [-0.4, -0.2) is 26.4 Å². The summed E-state index contributed by atoms with van der Waals surface area (Å²) in [6.07, 6.45) is -4.79. The lowest BCUT2D eigenvalue weighted by Gasteiger charge is -2.11. The van der Waals surface area contributed by atoms with Gasteiger partial charge in [0.2, 0.25) is 0 Å². The predicted octanol–water partition coefficient (Wildman–Crippen LogP) is 5.18. The van der Waals surface area contributed by atoms with Crippen molar-refractivity contribution in [3.05, 3.63) is 102 Å². The average molecular weight is 493 g/mol. The summed E-state index contributed by atoms with van der Waals surface area (Å²) >= 11 is 0. The average Bonchev–Trinajstić information content (AvgIpc) is 3.30. The van der Waals surface area contributed by atoms with Crippen molar-refractivity contribution in [1.29, 1.82) is 0 Å². The smallest absolute Gasteiger partial charge is 0.380 e. The Morgan fingerprint density at radius 3 is 2.39 bits per heavy atom. The Labute approximate surface area is 200 Å². The second-order valence-electron chi connectivity index (χ2n) is 7.75.